The number of amides is 1. The summed E-state index contributed by atoms with van der Waals surface area (Å²) in [5.74, 6) is -5.37. The van der Waals surface area contributed by atoms with Crippen molar-refractivity contribution in [2.75, 3.05) is 13.1 Å². The van der Waals surface area contributed by atoms with E-state index in [1.807, 2.05) is 0 Å². The summed E-state index contributed by atoms with van der Waals surface area (Å²) < 4.78 is 39.2. The second-order valence-corrected chi connectivity index (χ2v) is 4.87. The van der Waals surface area contributed by atoms with E-state index >= 15 is 0 Å². The molecule has 2 rings (SSSR count). The molecule has 1 fully saturated rings. The van der Waals surface area contributed by atoms with Gasteiger partial charge in [0.15, 0.2) is 17.5 Å². The van der Waals surface area contributed by atoms with Crippen molar-refractivity contribution >= 4 is 11.7 Å². The van der Waals surface area contributed by atoms with Gasteiger partial charge in [-0.15, -0.1) is 0 Å². The van der Waals surface area contributed by atoms with Crippen LogP contribution >= 0.6 is 0 Å². The number of benzene rings is 1. The van der Waals surface area contributed by atoms with Crippen LogP contribution in [0.15, 0.2) is 17.3 Å². The van der Waals surface area contributed by atoms with Crippen LogP contribution in [0.3, 0.4) is 0 Å². The highest BCUT2D eigenvalue weighted by Gasteiger charge is 2.28. The molecule has 1 amide bonds. The topological polar surface area (TPSA) is 78.9 Å². The fourth-order valence-corrected chi connectivity index (χ4v) is 2.35. The summed E-state index contributed by atoms with van der Waals surface area (Å²) in [4.78, 5) is 13.5. The third-order valence-corrected chi connectivity index (χ3v) is 3.47. The zero-order valence-corrected chi connectivity index (χ0v) is 11.0. The second-order valence-electron chi connectivity index (χ2n) is 4.87. The third kappa shape index (κ3) is 3.09. The Kier molecular flexibility index (Phi) is 4.35. The molecular weight excluding hydrogens is 287 g/mol. The monoisotopic (exact) mass is 301 g/mol. The van der Waals surface area contributed by atoms with Crippen LogP contribution in [0.1, 0.15) is 23.2 Å². The number of nitrogens with zero attached hydrogens (tertiary/aromatic N) is 2. The number of carbonyl (C=O) groups excluding carboxylic acids is 1. The molecule has 1 saturated heterocycles. The van der Waals surface area contributed by atoms with Crippen molar-refractivity contribution < 1.29 is 23.2 Å². The van der Waals surface area contributed by atoms with Crippen LogP contribution in [0.25, 0.3) is 0 Å². The lowest BCUT2D eigenvalue weighted by Gasteiger charge is -2.32. The Bertz CT molecular complexity index is 569. The minimum Gasteiger partial charge on any atom is -0.409 e. The first kappa shape index (κ1) is 15.1. The van der Waals surface area contributed by atoms with Crippen molar-refractivity contribution in [1.82, 2.24) is 4.90 Å². The number of hydrogen-bond acceptors (Lipinski definition) is 3. The Hall–Kier alpha value is -2.25. The summed E-state index contributed by atoms with van der Waals surface area (Å²) >= 11 is 0. The number of rotatable bonds is 2. The zero-order valence-electron chi connectivity index (χ0n) is 11.0. The summed E-state index contributed by atoms with van der Waals surface area (Å²) in [6, 6.07) is 1.32. The Morgan fingerprint density at radius 2 is 1.95 bits per heavy atom. The van der Waals surface area contributed by atoms with Gasteiger partial charge in [0.05, 0.1) is 0 Å². The number of likely N-dealkylation sites (tertiary alicyclic amines) is 1. The Labute approximate surface area is 118 Å². The lowest BCUT2D eigenvalue weighted by atomic mass is 9.96. The number of nitrogens with two attached hydrogens (primary N) is 1. The molecule has 0 saturated carbocycles. The first-order valence-electron chi connectivity index (χ1n) is 6.35. The maximum absolute atomic E-state index is 13.2. The van der Waals surface area contributed by atoms with Gasteiger partial charge in [-0.1, -0.05) is 5.16 Å². The number of amidine groups is 1. The minimum atomic E-state index is -1.61. The van der Waals surface area contributed by atoms with E-state index in [0.29, 0.717) is 31.5 Å². The predicted octanol–water partition coefficient (Wildman–Crippen LogP) is 1.70. The van der Waals surface area contributed by atoms with E-state index in [1.165, 1.54) is 4.90 Å². The molecule has 1 atom stereocenters. The highest BCUT2D eigenvalue weighted by Crippen LogP contribution is 2.20. The molecule has 21 heavy (non-hydrogen) atoms. The number of hydrogen-bond donors (Lipinski definition) is 2. The average molecular weight is 301 g/mol. The van der Waals surface area contributed by atoms with Crippen molar-refractivity contribution in [2.45, 2.75) is 12.8 Å². The molecule has 0 bridgehead atoms. The summed E-state index contributed by atoms with van der Waals surface area (Å²) in [6.07, 6.45) is 1.25. The molecule has 1 aliphatic heterocycles. The van der Waals surface area contributed by atoms with Gasteiger partial charge in [-0.05, 0) is 25.0 Å². The van der Waals surface area contributed by atoms with E-state index in [9.17, 15) is 18.0 Å². The van der Waals surface area contributed by atoms with Crippen LogP contribution in [-0.4, -0.2) is 34.9 Å². The SMILES string of the molecule is NC(=NO)C1CCCN(C(=O)c2cc(F)c(F)c(F)c2)C1. The van der Waals surface area contributed by atoms with Gasteiger partial charge < -0.3 is 15.8 Å². The summed E-state index contributed by atoms with van der Waals surface area (Å²) in [5.41, 5.74) is 5.24. The molecule has 0 aliphatic carbocycles. The highest BCUT2D eigenvalue weighted by atomic mass is 19.2. The molecule has 114 valence electrons. The fourth-order valence-electron chi connectivity index (χ4n) is 2.35. The summed E-state index contributed by atoms with van der Waals surface area (Å²) in [6.45, 7) is 0.560. The average Bonchev–Trinajstić information content (AvgIpc) is 2.50. The van der Waals surface area contributed by atoms with Crippen LogP contribution < -0.4 is 5.73 Å². The molecule has 3 N–H and O–H groups in total. The molecule has 1 unspecified atom stereocenters. The van der Waals surface area contributed by atoms with Gasteiger partial charge in [0, 0.05) is 24.6 Å². The quantitative estimate of drug-likeness (QED) is 0.287. The van der Waals surface area contributed by atoms with Gasteiger partial charge in [0.1, 0.15) is 5.84 Å². The van der Waals surface area contributed by atoms with Crippen molar-refractivity contribution in [3.05, 3.63) is 35.1 Å². The molecule has 0 radical (unpaired) electrons. The van der Waals surface area contributed by atoms with Gasteiger partial charge in [-0.3, -0.25) is 4.79 Å². The van der Waals surface area contributed by atoms with E-state index in [2.05, 4.69) is 5.16 Å². The maximum atomic E-state index is 13.2. The van der Waals surface area contributed by atoms with Crippen LogP contribution in [0.4, 0.5) is 13.2 Å². The molecule has 0 spiro atoms. The van der Waals surface area contributed by atoms with Crippen molar-refractivity contribution in [2.24, 2.45) is 16.8 Å². The number of piperidine rings is 1. The zero-order chi connectivity index (χ0) is 15.6. The normalized spacial score (nSPS) is 19.7. The van der Waals surface area contributed by atoms with E-state index < -0.39 is 23.4 Å². The van der Waals surface area contributed by atoms with Gasteiger partial charge in [0.25, 0.3) is 5.91 Å². The van der Waals surface area contributed by atoms with Crippen LogP contribution in [0, 0.1) is 23.4 Å². The van der Waals surface area contributed by atoms with E-state index in [1.54, 1.807) is 0 Å². The maximum Gasteiger partial charge on any atom is 0.254 e. The molecule has 0 aromatic heterocycles. The van der Waals surface area contributed by atoms with E-state index in [4.69, 9.17) is 10.9 Å². The molecular formula is C13H14F3N3O2. The molecule has 1 aliphatic rings. The number of halogens is 3. The minimum absolute atomic E-state index is 0.00367. The molecule has 1 aromatic carbocycles. The largest absolute Gasteiger partial charge is 0.409 e. The van der Waals surface area contributed by atoms with Gasteiger partial charge in [0.2, 0.25) is 0 Å². The number of oxime groups is 1. The van der Waals surface area contributed by atoms with Gasteiger partial charge in [-0.25, -0.2) is 13.2 Å². The van der Waals surface area contributed by atoms with Crippen molar-refractivity contribution in [1.29, 1.82) is 0 Å². The molecule has 5 nitrogen and oxygen atoms in total. The fraction of sp³-hybridized carbons (Fsp3) is 0.385. The molecule has 1 aromatic rings. The Morgan fingerprint density at radius 1 is 1.33 bits per heavy atom. The molecule has 8 heteroatoms. The van der Waals surface area contributed by atoms with Gasteiger partial charge in [-0.2, -0.15) is 0 Å². The third-order valence-electron chi connectivity index (χ3n) is 3.47. The van der Waals surface area contributed by atoms with Crippen LogP contribution in [0.2, 0.25) is 0 Å². The first-order chi connectivity index (χ1) is 9.93. The van der Waals surface area contributed by atoms with Gasteiger partial charge >= 0.3 is 0 Å². The summed E-state index contributed by atoms with van der Waals surface area (Å²) in [7, 11) is 0. The van der Waals surface area contributed by atoms with Crippen molar-refractivity contribution in [3.63, 3.8) is 0 Å². The first-order valence-corrected chi connectivity index (χ1v) is 6.35. The van der Waals surface area contributed by atoms with E-state index in [0.717, 1.165) is 0 Å². The lowest BCUT2D eigenvalue weighted by molar-refractivity contribution is 0.0700. The molecule has 1 heterocycles. The Balaban J connectivity index is 2.20. The highest BCUT2D eigenvalue weighted by molar-refractivity contribution is 5.95. The number of carbonyl (C=O) groups is 1. The summed E-state index contributed by atoms with van der Waals surface area (Å²) in [5, 5.41) is 11.6. The Morgan fingerprint density at radius 3 is 2.52 bits per heavy atom. The van der Waals surface area contributed by atoms with Crippen molar-refractivity contribution in [3.8, 4) is 0 Å². The predicted molar refractivity (Wildman–Crippen MR) is 68.4 cm³/mol. The van der Waals surface area contributed by atoms with E-state index in [-0.39, 0.29) is 23.9 Å². The van der Waals surface area contributed by atoms with Crippen LogP contribution in [0.5, 0.6) is 0 Å². The standard InChI is InChI=1S/C13H14F3N3O2/c14-9-4-8(5-10(15)11(9)16)13(20)19-3-1-2-7(6-19)12(17)18-21/h4-5,7,21H,1-3,6H2,(H2,17,18). The smallest absolute Gasteiger partial charge is 0.254 e. The second kappa shape index (κ2) is 6.02. The lowest BCUT2D eigenvalue weighted by Crippen LogP contribution is -2.44. The van der Waals surface area contributed by atoms with Crippen LogP contribution in [-0.2, 0) is 0 Å².